The van der Waals surface area contributed by atoms with Crippen LogP contribution in [0.5, 0.6) is 0 Å². The maximum absolute atomic E-state index is 13.0. The van der Waals surface area contributed by atoms with Gasteiger partial charge in [-0.25, -0.2) is 0 Å². The number of anilines is 1. The van der Waals surface area contributed by atoms with Crippen LogP contribution < -0.4 is 10.6 Å². The summed E-state index contributed by atoms with van der Waals surface area (Å²) in [7, 11) is 0. The van der Waals surface area contributed by atoms with Crippen LogP contribution in [0.4, 0.5) is 11.4 Å². The van der Waals surface area contributed by atoms with Crippen LogP contribution in [-0.2, 0) is 0 Å². The number of benzene rings is 2. The molecule has 1 amide bonds. The van der Waals surface area contributed by atoms with Gasteiger partial charge in [0, 0.05) is 23.4 Å². The van der Waals surface area contributed by atoms with Crippen LogP contribution >= 0.6 is 0 Å². The van der Waals surface area contributed by atoms with Crippen LogP contribution in [0, 0.1) is 24.0 Å². The molecule has 1 aromatic heterocycles. The number of hydrogen-bond acceptors (Lipinski definition) is 6. The van der Waals surface area contributed by atoms with Gasteiger partial charge in [-0.1, -0.05) is 29.8 Å². The fraction of sp³-hybridized carbons (Fsp3) is 0.143. The first kappa shape index (κ1) is 19.8. The molecule has 148 valence electrons. The number of amides is 1. The van der Waals surface area contributed by atoms with Crippen LogP contribution in [0.3, 0.4) is 0 Å². The van der Waals surface area contributed by atoms with E-state index in [2.05, 4.69) is 10.6 Å². The summed E-state index contributed by atoms with van der Waals surface area (Å²) < 4.78 is 5.09. The van der Waals surface area contributed by atoms with Crippen molar-refractivity contribution in [3.8, 4) is 0 Å². The number of furan rings is 1. The van der Waals surface area contributed by atoms with Crippen LogP contribution in [0.1, 0.15) is 32.0 Å². The molecular weight excluding hydrogens is 374 g/mol. The number of aryl methyl sites for hydroxylation is 2. The average molecular weight is 393 g/mol. The van der Waals surface area contributed by atoms with Gasteiger partial charge in [-0.3, -0.25) is 19.7 Å². The van der Waals surface area contributed by atoms with E-state index < -0.39 is 17.0 Å². The first-order chi connectivity index (χ1) is 13.8. The van der Waals surface area contributed by atoms with E-state index in [1.807, 2.05) is 6.92 Å². The van der Waals surface area contributed by atoms with Crippen molar-refractivity contribution < 1.29 is 18.9 Å². The van der Waals surface area contributed by atoms with Crippen molar-refractivity contribution in [3.63, 3.8) is 0 Å². The number of nitro groups is 1. The summed E-state index contributed by atoms with van der Waals surface area (Å²) in [5.41, 5.74) is 2.40. The predicted octanol–water partition coefficient (Wildman–Crippen LogP) is 3.86. The highest BCUT2D eigenvalue weighted by Crippen LogP contribution is 2.22. The Bertz CT molecular complexity index is 1040. The average Bonchev–Trinajstić information content (AvgIpc) is 3.23. The van der Waals surface area contributed by atoms with Gasteiger partial charge in [-0.2, -0.15) is 0 Å². The van der Waals surface area contributed by atoms with Crippen LogP contribution in [0.15, 0.2) is 65.3 Å². The second-order valence-electron chi connectivity index (χ2n) is 6.51. The maximum atomic E-state index is 13.0. The Hall–Kier alpha value is -3.94. The van der Waals surface area contributed by atoms with E-state index in [0.29, 0.717) is 16.8 Å². The Balaban J connectivity index is 1.89. The van der Waals surface area contributed by atoms with Crippen molar-refractivity contribution in [1.29, 1.82) is 0 Å². The molecule has 0 bridgehead atoms. The smallest absolute Gasteiger partial charge is 0.288 e. The Morgan fingerprint density at radius 3 is 2.38 bits per heavy atom. The standard InChI is InChI=1S/C21H19N3O5/c1-13-5-7-15(8-6-13)19(25)20(23-21(26)18-4-3-11-29-18)22-17-10-9-16(24(27)28)12-14(17)2/h3-12,20,22H,1-2H3,(H,23,26)/t20-/m0/s1. The molecule has 3 rings (SSSR count). The fourth-order valence-electron chi connectivity index (χ4n) is 2.74. The highest BCUT2D eigenvalue weighted by atomic mass is 16.6. The highest BCUT2D eigenvalue weighted by Gasteiger charge is 2.24. The van der Waals surface area contributed by atoms with Crippen molar-refractivity contribution in [1.82, 2.24) is 5.32 Å². The minimum absolute atomic E-state index is 0.0610. The van der Waals surface area contributed by atoms with E-state index in [1.54, 1.807) is 37.3 Å². The van der Waals surface area contributed by atoms with Gasteiger partial charge in [0.25, 0.3) is 11.6 Å². The van der Waals surface area contributed by atoms with Gasteiger partial charge < -0.3 is 15.1 Å². The molecule has 2 N–H and O–H groups in total. The molecule has 0 saturated carbocycles. The molecule has 0 radical (unpaired) electrons. The second kappa shape index (κ2) is 8.39. The molecule has 1 heterocycles. The topological polar surface area (TPSA) is 114 Å². The summed E-state index contributed by atoms with van der Waals surface area (Å²) in [6.07, 6.45) is 0.259. The van der Waals surface area contributed by atoms with E-state index in [1.165, 1.54) is 30.5 Å². The van der Waals surface area contributed by atoms with Gasteiger partial charge in [0.2, 0.25) is 5.78 Å². The maximum Gasteiger partial charge on any atom is 0.288 e. The quantitative estimate of drug-likeness (QED) is 0.273. The van der Waals surface area contributed by atoms with Crippen molar-refractivity contribution in [2.24, 2.45) is 0 Å². The number of nitro benzene ring substituents is 1. The Morgan fingerprint density at radius 1 is 1.07 bits per heavy atom. The number of ketones is 1. The summed E-state index contributed by atoms with van der Waals surface area (Å²) in [5.74, 6) is -0.857. The van der Waals surface area contributed by atoms with Gasteiger partial charge in [0.05, 0.1) is 11.2 Å². The predicted molar refractivity (Wildman–Crippen MR) is 107 cm³/mol. The van der Waals surface area contributed by atoms with Gasteiger partial charge in [-0.05, 0) is 37.6 Å². The molecule has 0 fully saturated rings. The van der Waals surface area contributed by atoms with Gasteiger partial charge in [-0.15, -0.1) is 0 Å². The Labute approximate surface area is 166 Å². The number of hydrogen-bond donors (Lipinski definition) is 2. The largest absolute Gasteiger partial charge is 0.459 e. The summed E-state index contributed by atoms with van der Waals surface area (Å²) in [6.45, 7) is 3.58. The summed E-state index contributed by atoms with van der Waals surface area (Å²) in [5, 5.41) is 16.5. The van der Waals surface area contributed by atoms with E-state index in [4.69, 9.17) is 4.42 Å². The van der Waals surface area contributed by atoms with E-state index in [-0.39, 0.29) is 17.2 Å². The molecule has 29 heavy (non-hydrogen) atoms. The molecule has 0 spiro atoms. The molecule has 1 atom stereocenters. The molecule has 0 aliphatic carbocycles. The third-order valence-corrected chi connectivity index (χ3v) is 4.34. The molecular formula is C21H19N3O5. The van der Waals surface area contributed by atoms with E-state index in [9.17, 15) is 19.7 Å². The minimum atomic E-state index is -1.10. The normalized spacial score (nSPS) is 11.5. The lowest BCUT2D eigenvalue weighted by atomic mass is 10.1. The summed E-state index contributed by atoms with van der Waals surface area (Å²) >= 11 is 0. The van der Waals surface area contributed by atoms with Gasteiger partial charge in [0.1, 0.15) is 0 Å². The van der Waals surface area contributed by atoms with Crippen LogP contribution in [0.25, 0.3) is 0 Å². The van der Waals surface area contributed by atoms with Gasteiger partial charge in [0.15, 0.2) is 11.9 Å². The van der Waals surface area contributed by atoms with Crippen LogP contribution in [-0.4, -0.2) is 22.8 Å². The molecule has 3 aromatic rings. The number of Topliss-reactive ketones (excluding diaryl/α,β-unsaturated/α-hetero) is 1. The number of carbonyl (C=O) groups excluding carboxylic acids is 2. The SMILES string of the molecule is Cc1ccc(C(=O)[C@H](NC(=O)c2ccco2)Nc2ccc([N+](=O)[O-])cc2C)cc1. The third-order valence-electron chi connectivity index (χ3n) is 4.34. The monoisotopic (exact) mass is 393 g/mol. The molecule has 8 heteroatoms. The van der Waals surface area contributed by atoms with E-state index >= 15 is 0 Å². The Kier molecular flexibility index (Phi) is 5.73. The van der Waals surface area contributed by atoms with Crippen molar-refractivity contribution >= 4 is 23.1 Å². The molecule has 0 aliphatic rings. The van der Waals surface area contributed by atoms with Crippen molar-refractivity contribution in [3.05, 3.63) is 93.4 Å². The first-order valence-electron chi connectivity index (χ1n) is 8.82. The molecule has 0 saturated heterocycles. The zero-order valence-electron chi connectivity index (χ0n) is 15.8. The Morgan fingerprint density at radius 2 is 1.79 bits per heavy atom. The highest BCUT2D eigenvalue weighted by molar-refractivity contribution is 6.04. The molecule has 0 aliphatic heterocycles. The first-order valence-corrected chi connectivity index (χ1v) is 8.82. The summed E-state index contributed by atoms with van der Waals surface area (Å²) in [6, 6.07) is 14.2. The molecule has 2 aromatic carbocycles. The third kappa shape index (κ3) is 4.67. The van der Waals surface area contributed by atoms with Crippen molar-refractivity contribution in [2.45, 2.75) is 20.0 Å². The lowest BCUT2D eigenvalue weighted by molar-refractivity contribution is -0.384. The zero-order chi connectivity index (χ0) is 21.0. The second-order valence-corrected chi connectivity index (χ2v) is 6.51. The zero-order valence-corrected chi connectivity index (χ0v) is 15.8. The van der Waals surface area contributed by atoms with E-state index in [0.717, 1.165) is 5.56 Å². The van der Waals surface area contributed by atoms with Gasteiger partial charge >= 0.3 is 0 Å². The lowest BCUT2D eigenvalue weighted by Crippen LogP contribution is -2.46. The van der Waals surface area contributed by atoms with Crippen molar-refractivity contribution in [2.75, 3.05) is 5.32 Å². The number of rotatable bonds is 7. The molecule has 0 unspecified atom stereocenters. The minimum Gasteiger partial charge on any atom is -0.459 e. The number of carbonyl (C=O) groups is 2. The summed E-state index contributed by atoms with van der Waals surface area (Å²) in [4.78, 5) is 35.9. The lowest BCUT2D eigenvalue weighted by Gasteiger charge is -2.21. The number of nitrogens with zero attached hydrogens (tertiary/aromatic N) is 1. The van der Waals surface area contributed by atoms with Crippen LogP contribution in [0.2, 0.25) is 0 Å². The molecule has 8 nitrogen and oxygen atoms in total. The fourth-order valence-corrected chi connectivity index (χ4v) is 2.74. The number of nitrogens with one attached hydrogen (secondary N) is 2. The number of non-ortho nitro benzene ring substituents is 1.